The number of sulfonamides is 1. The van der Waals surface area contributed by atoms with Crippen LogP contribution < -0.4 is 4.72 Å². The van der Waals surface area contributed by atoms with Gasteiger partial charge in [0, 0.05) is 18.7 Å². The Hall–Kier alpha value is -1.40. The second-order valence-electron chi connectivity index (χ2n) is 6.04. The van der Waals surface area contributed by atoms with E-state index in [-0.39, 0.29) is 11.4 Å². The number of rotatable bonds is 6. The van der Waals surface area contributed by atoms with E-state index in [2.05, 4.69) is 4.72 Å². The number of benzene rings is 2. The molecule has 0 saturated heterocycles. The second-order valence-corrected chi connectivity index (χ2v) is 8.21. The summed E-state index contributed by atoms with van der Waals surface area (Å²) in [5, 5.41) is 0.577. The van der Waals surface area contributed by atoms with Gasteiger partial charge in [-0.3, -0.25) is 0 Å². The molecule has 4 nitrogen and oxygen atoms in total. The molecule has 24 heavy (non-hydrogen) atoms. The SMILES string of the molecule is COC(C)(CNS(=O)(=O)c1ccc(C)cc1C)c1cccc(Cl)c1. The van der Waals surface area contributed by atoms with E-state index in [0.29, 0.717) is 10.6 Å². The lowest BCUT2D eigenvalue weighted by atomic mass is 9.96. The van der Waals surface area contributed by atoms with Crippen molar-refractivity contribution in [2.24, 2.45) is 0 Å². The van der Waals surface area contributed by atoms with Crippen LogP contribution in [-0.2, 0) is 20.4 Å². The highest BCUT2D eigenvalue weighted by molar-refractivity contribution is 7.89. The number of hydrogen-bond donors (Lipinski definition) is 1. The number of halogens is 1. The van der Waals surface area contributed by atoms with Gasteiger partial charge in [-0.1, -0.05) is 41.4 Å². The lowest BCUT2D eigenvalue weighted by Gasteiger charge is -2.29. The van der Waals surface area contributed by atoms with Crippen LogP contribution in [0.2, 0.25) is 5.02 Å². The van der Waals surface area contributed by atoms with Crippen molar-refractivity contribution in [2.45, 2.75) is 31.3 Å². The van der Waals surface area contributed by atoms with Crippen LogP contribution in [0.15, 0.2) is 47.4 Å². The summed E-state index contributed by atoms with van der Waals surface area (Å²) in [6.45, 7) is 5.63. The van der Waals surface area contributed by atoms with Crippen molar-refractivity contribution >= 4 is 21.6 Å². The van der Waals surface area contributed by atoms with Crippen LogP contribution in [0, 0.1) is 13.8 Å². The topological polar surface area (TPSA) is 55.4 Å². The lowest BCUT2D eigenvalue weighted by Crippen LogP contribution is -2.40. The Labute approximate surface area is 148 Å². The first kappa shape index (κ1) is 18.9. The largest absolute Gasteiger partial charge is 0.372 e. The second kappa shape index (κ2) is 7.23. The maximum Gasteiger partial charge on any atom is 0.240 e. The summed E-state index contributed by atoms with van der Waals surface area (Å²) >= 11 is 6.04. The molecule has 130 valence electrons. The van der Waals surface area contributed by atoms with Gasteiger partial charge in [0.1, 0.15) is 5.60 Å². The van der Waals surface area contributed by atoms with Crippen molar-refractivity contribution < 1.29 is 13.2 Å². The molecule has 0 fully saturated rings. The summed E-state index contributed by atoms with van der Waals surface area (Å²) in [7, 11) is -2.08. The van der Waals surface area contributed by atoms with Gasteiger partial charge >= 0.3 is 0 Å². The highest BCUT2D eigenvalue weighted by Gasteiger charge is 2.29. The highest BCUT2D eigenvalue weighted by atomic mass is 35.5. The van der Waals surface area contributed by atoms with Gasteiger partial charge in [-0.05, 0) is 50.1 Å². The minimum absolute atomic E-state index is 0.0967. The molecular weight excluding hydrogens is 346 g/mol. The van der Waals surface area contributed by atoms with Gasteiger partial charge in [0.05, 0.1) is 4.90 Å². The molecular formula is C18H22ClNO3S. The first-order valence-electron chi connectivity index (χ1n) is 7.56. The maximum absolute atomic E-state index is 12.6. The van der Waals surface area contributed by atoms with Crippen LogP contribution in [0.3, 0.4) is 0 Å². The Balaban J connectivity index is 2.26. The Morgan fingerprint density at radius 2 is 1.88 bits per heavy atom. The third kappa shape index (κ3) is 4.16. The molecule has 0 aliphatic rings. The van der Waals surface area contributed by atoms with Gasteiger partial charge in [0.25, 0.3) is 0 Å². The lowest BCUT2D eigenvalue weighted by molar-refractivity contribution is 0.00698. The van der Waals surface area contributed by atoms with Crippen molar-refractivity contribution in [3.05, 3.63) is 64.2 Å². The minimum Gasteiger partial charge on any atom is -0.372 e. The normalized spacial score (nSPS) is 14.4. The fraction of sp³-hybridized carbons (Fsp3) is 0.333. The monoisotopic (exact) mass is 367 g/mol. The molecule has 0 heterocycles. The van der Waals surface area contributed by atoms with Gasteiger partial charge < -0.3 is 4.74 Å². The number of ether oxygens (including phenoxy) is 1. The molecule has 0 bridgehead atoms. The predicted molar refractivity (Wildman–Crippen MR) is 96.9 cm³/mol. The molecule has 2 aromatic carbocycles. The number of hydrogen-bond acceptors (Lipinski definition) is 3. The van der Waals surface area contributed by atoms with E-state index in [4.69, 9.17) is 16.3 Å². The number of methoxy groups -OCH3 is 1. The van der Waals surface area contributed by atoms with E-state index in [0.717, 1.165) is 11.1 Å². The molecule has 0 aliphatic heterocycles. The Morgan fingerprint density at radius 1 is 1.17 bits per heavy atom. The third-order valence-corrected chi connectivity index (χ3v) is 5.90. The predicted octanol–water partition coefficient (Wildman–Crippen LogP) is 3.80. The summed E-state index contributed by atoms with van der Waals surface area (Å²) in [4.78, 5) is 0.276. The zero-order valence-electron chi connectivity index (χ0n) is 14.3. The minimum atomic E-state index is -3.63. The van der Waals surface area contributed by atoms with Gasteiger partial charge in [-0.2, -0.15) is 0 Å². The standard InChI is InChI=1S/C18H22ClNO3S/c1-13-8-9-17(14(2)10-13)24(21,22)20-12-18(3,23-4)15-6-5-7-16(19)11-15/h5-11,20H,12H2,1-4H3. The smallest absolute Gasteiger partial charge is 0.240 e. The van der Waals surface area contributed by atoms with Crippen molar-refractivity contribution in [1.29, 1.82) is 0 Å². The van der Waals surface area contributed by atoms with Crippen molar-refractivity contribution in [2.75, 3.05) is 13.7 Å². The first-order chi connectivity index (χ1) is 11.2. The molecule has 1 unspecified atom stereocenters. The molecule has 0 radical (unpaired) electrons. The van der Waals surface area contributed by atoms with E-state index in [1.165, 1.54) is 0 Å². The maximum atomic E-state index is 12.6. The van der Waals surface area contributed by atoms with Gasteiger partial charge in [-0.25, -0.2) is 13.1 Å². The summed E-state index contributed by atoms with van der Waals surface area (Å²) in [6.07, 6.45) is 0. The Morgan fingerprint density at radius 3 is 2.46 bits per heavy atom. The van der Waals surface area contributed by atoms with Crippen LogP contribution in [0.1, 0.15) is 23.6 Å². The number of aryl methyl sites for hydroxylation is 2. The van der Waals surface area contributed by atoms with Crippen LogP contribution in [0.5, 0.6) is 0 Å². The zero-order valence-corrected chi connectivity index (χ0v) is 15.8. The molecule has 0 aromatic heterocycles. The Kier molecular flexibility index (Phi) is 5.71. The van der Waals surface area contributed by atoms with E-state index in [1.54, 1.807) is 38.3 Å². The third-order valence-electron chi connectivity index (χ3n) is 4.11. The van der Waals surface area contributed by atoms with E-state index < -0.39 is 15.6 Å². The van der Waals surface area contributed by atoms with Crippen LogP contribution in [0.4, 0.5) is 0 Å². The first-order valence-corrected chi connectivity index (χ1v) is 9.42. The van der Waals surface area contributed by atoms with E-state index in [1.807, 2.05) is 32.0 Å². The molecule has 2 rings (SSSR count). The fourth-order valence-corrected chi connectivity index (χ4v) is 4.06. The molecule has 0 amide bonds. The molecule has 1 N–H and O–H groups in total. The molecule has 1 atom stereocenters. The van der Waals surface area contributed by atoms with Crippen molar-refractivity contribution in [3.8, 4) is 0 Å². The summed E-state index contributed by atoms with van der Waals surface area (Å²) in [5.74, 6) is 0. The molecule has 0 saturated carbocycles. The van der Waals surface area contributed by atoms with Crippen LogP contribution in [0.25, 0.3) is 0 Å². The molecule has 6 heteroatoms. The fourth-order valence-electron chi connectivity index (χ4n) is 2.52. The summed E-state index contributed by atoms with van der Waals surface area (Å²) < 4.78 is 33.5. The highest BCUT2D eigenvalue weighted by Crippen LogP contribution is 2.27. The zero-order chi connectivity index (χ0) is 18.0. The van der Waals surface area contributed by atoms with Crippen molar-refractivity contribution in [1.82, 2.24) is 4.72 Å². The van der Waals surface area contributed by atoms with Gasteiger partial charge in [0.15, 0.2) is 0 Å². The van der Waals surface area contributed by atoms with Gasteiger partial charge in [0.2, 0.25) is 10.0 Å². The van der Waals surface area contributed by atoms with E-state index >= 15 is 0 Å². The quantitative estimate of drug-likeness (QED) is 0.844. The summed E-state index contributed by atoms with van der Waals surface area (Å²) in [5.41, 5.74) is 1.72. The van der Waals surface area contributed by atoms with Crippen LogP contribution in [-0.4, -0.2) is 22.1 Å². The van der Waals surface area contributed by atoms with Crippen molar-refractivity contribution in [3.63, 3.8) is 0 Å². The number of nitrogens with one attached hydrogen (secondary N) is 1. The Bertz CT molecular complexity index is 836. The van der Waals surface area contributed by atoms with E-state index in [9.17, 15) is 8.42 Å². The van der Waals surface area contributed by atoms with Crippen LogP contribution >= 0.6 is 11.6 Å². The molecule has 0 aliphatic carbocycles. The summed E-state index contributed by atoms with van der Waals surface area (Å²) in [6, 6.07) is 12.5. The van der Waals surface area contributed by atoms with Gasteiger partial charge in [-0.15, -0.1) is 0 Å². The molecule has 2 aromatic rings. The molecule has 0 spiro atoms. The average molecular weight is 368 g/mol. The average Bonchev–Trinajstić information content (AvgIpc) is 2.52.